The van der Waals surface area contributed by atoms with Gasteiger partial charge in [0, 0.05) is 5.92 Å². The smallest absolute Gasteiger partial charge is 0.123 e. The van der Waals surface area contributed by atoms with E-state index in [1.54, 1.807) is 12.1 Å². The molecule has 0 aromatic heterocycles. The van der Waals surface area contributed by atoms with Crippen LogP contribution in [0.1, 0.15) is 29.0 Å². The fourth-order valence-corrected chi connectivity index (χ4v) is 2.75. The van der Waals surface area contributed by atoms with Gasteiger partial charge in [0.05, 0.1) is 0 Å². The second-order valence-corrected chi connectivity index (χ2v) is 6.12. The van der Waals surface area contributed by atoms with E-state index < -0.39 is 0 Å². The third-order valence-corrected chi connectivity index (χ3v) is 4.19. The van der Waals surface area contributed by atoms with Gasteiger partial charge in [-0.1, -0.05) is 78.9 Å². The average molecular weight is 346 g/mol. The highest BCUT2D eigenvalue weighted by atomic mass is 19.1. The molecule has 130 valence electrons. The highest BCUT2D eigenvalue weighted by Crippen LogP contribution is 2.24. The van der Waals surface area contributed by atoms with Crippen molar-refractivity contribution in [2.24, 2.45) is 0 Å². The standard InChI is InChI=1S/C24H20F2/c25-23-15-10-20(11-16-23)9-12-21(22-13-17-24(26)18-14-22)8-4-7-19-5-2-1-3-6-19/h1-7,9-18,21H,8H2/b7-4+,12-9+. The largest absolute Gasteiger partial charge is 0.207 e. The Kier molecular flexibility index (Phi) is 6.10. The van der Waals surface area contributed by atoms with Crippen molar-refractivity contribution in [1.82, 2.24) is 0 Å². The first kappa shape index (κ1) is 17.8. The van der Waals surface area contributed by atoms with Crippen molar-refractivity contribution in [3.8, 4) is 0 Å². The first-order valence-corrected chi connectivity index (χ1v) is 8.61. The summed E-state index contributed by atoms with van der Waals surface area (Å²) in [4.78, 5) is 0. The van der Waals surface area contributed by atoms with E-state index in [4.69, 9.17) is 0 Å². The number of hydrogen-bond donors (Lipinski definition) is 0. The van der Waals surface area contributed by atoms with Gasteiger partial charge in [0.15, 0.2) is 0 Å². The van der Waals surface area contributed by atoms with Gasteiger partial charge in [-0.3, -0.25) is 0 Å². The lowest BCUT2D eigenvalue weighted by Crippen LogP contribution is -1.94. The minimum absolute atomic E-state index is 0.112. The molecule has 0 bridgehead atoms. The number of allylic oxidation sites excluding steroid dienone is 2. The van der Waals surface area contributed by atoms with E-state index in [2.05, 4.69) is 30.4 Å². The Balaban J connectivity index is 1.78. The fourth-order valence-electron chi connectivity index (χ4n) is 2.75. The summed E-state index contributed by atoms with van der Waals surface area (Å²) in [6.45, 7) is 0. The van der Waals surface area contributed by atoms with Crippen LogP contribution in [0.3, 0.4) is 0 Å². The maximum atomic E-state index is 13.2. The summed E-state index contributed by atoms with van der Waals surface area (Å²) in [5.74, 6) is -0.376. The Morgan fingerprint density at radius 3 is 1.88 bits per heavy atom. The minimum Gasteiger partial charge on any atom is -0.207 e. The lowest BCUT2D eigenvalue weighted by Gasteiger charge is -2.11. The molecule has 0 radical (unpaired) electrons. The maximum absolute atomic E-state index is 13.2. The first-order valence-electron chi connectivity index (χ1n) is 8.61. The van der Waals surface area contributed by atoms with Crippen LogP contribution < -0.4 is 0 Å². The summed E-state index contributed by atoms with van der Waals surface area (Å²) in [6, 6.07) is 23.1. The summed E-state index contributed by atoms with van der Waals surface area (Å²) >= 11 is 0. The van der Waals surface area contributed by atoms with Crippen molar-refractivity contribution in [3.63, 3.8) is 0 Å². The van der Waals surface area contributed by atoms with Crippen LogP contribution in [0.25, 0.3) is 12.2 Å². The lowest BCUT2D eigenvalue weighted by atomic mass is 9.94. The summed E-state index contributed by atoms with van der Waals surface area (Å²) in [5, 5.41) is 0. The van der Waals surface area contributed by atoms with E-state index >= 15 is 0 Å². The Hall–Kier alpha value is -3.00. The molecule has 1 unspecified atom stereocenters. The van der Waals surface area contributed by atoms with E-state index in [1.165, 1.54) is 24.3 Å². The average Bonchev–Trinajstić information content (AvgIpc) is 2.67. The summed E-state index contributed by atoms with van der Waals surface area (Å²) in [7, 11) is 0. The molecule has 0 fully saturated rings. The van der Waals surface area contributed by atoms with Crippen molar-refractivity contribution in [2.45, 2.75) is 12.3 Å². The number of rotatable bonds is 6. The molecule has 0 nitrogen and oxygen atoms in total. The van der Waals surface area contributed by atoms with Gasteiger partial charge >= 0.3 is 0 Å². The van der Waals surface area contributed by atoms with Gasteiger partial charge in [-0.2, -0.15) is 0 Å². The van der Waals surface area contributed by atoms with Crippen LogP contribution in [-0.2, 0) is 0 Å². The van der Waals surface area contributed by atoms with E-state index in [0.29, 0.717) is 0 Å². The molecule has 0 spiro atoms. The van der Waals surface area contributed by atoms with Gasteiger partial charge in [0.1, 0.15) is 11.6 Å². The van der Waals surface area contributed by atoms with Crippen LogP contribution >= 0.6 is 0 Å². The predicted octanol–water partition coefficient (Wildman–Crippen LogP) is 6.87. The normalized spacial score (nSPS) is 12.7. The summed E-state index contributed by atoms with van der Waals surface area (Å²) in [5.41, 5.74) is 3.13. The van der Waals surface area contributed by atoms with Gasteiger partial charge in [0.25, 0.3) is 0 Å². The van der Waals surface area contributed by atoms with E-state index in [9.17, 15) is 8.78 Å². The Bertz CT molecular complexity index is 860. The zero-order chi connectivity index (χ0) is 18.2. The Morgan fingerprint density at radius 2 is 1.23 bits per heavy atom. The van der Waals surface area contributed by atoms with Gasteiger partial charge in [-0.05, 0) is 47.4 Å². The molecule has 3 aromatic carbocycles. The van der Waals surface area contributed by atoms with Crippen LogP contribution in [0.15, 0.2) is 91.0 Å². The number of benzene rings is 3. The number of hydrogen-bond acceptors (Lipinski definition) is 0. The zero-order valence-electron chi connectivity index (χ0n) is 14.4. The highest BCUT2D eigenvalue weighted by molar-refractivity contribution is 5.52. The second kappa shape index (κ2) is 8.91. The molecule has 0 heterocycles. The Labute approximate surface area is 153 Å². The van der Waals surface area contributed by atoms with Gasteiger partial charge in [-0.15, -0.1) is 0 Å². The Morgan fingerprint density at radius 1 is 0.654 bits per heavy atom. The summed E-state index contributed by atoms with van der Waals surface area (Å²) in [6.07, 6.45) is 9.05. The van der Waals surface area contributed by atoms with Crippen LogP contribution in [0, 0.1) is 11.6 Å². The molecular formula is C24H20F2. The molecule has 0 aliphatic rings. The van der Waals surface area contributed by atoms with E-state index in [-0.39, 0.29) is 17.6 Å². The molecule has 26 heavy (non-hydrogen) atoms. The maximum Gasteiger partial charge on any atom is 0.123 e. The number of halogens is 2. The fraction of sp³-hybridized carbons (Fsp3) is 0.0833. The zero-order valence-corrected chi connectivity index (χ0v) is 14.4. The molecule has 3 rings (SSSR count). The molecular weight excluding hydrogens is 326 g/mol. The van der Waals surface area contributed by atoms with Crippen molar-refractivity contribution >= 4 is 12.2 Å². The third kappa shape index (κ3) is 5.25. The minimum atomic E-state index is -0.247. The van der Waals surface area contributed by atoms with Crippen LogP contribution in [0.2, 0.25) is 0 Å². The molecule has 0 N–H and O–H groups in total. The SMILES string of the molecule is Fc1ccc(/C=C/C(C/C=C/c2ccccc2)c2ccc(F)cc2)cc1. The second-order valence-electron chi connectivity index (χ2n) is 6.12. The highest BCUT2D eigenvalue weighted by Gasteiger charge is 2.07. The van der Waals surface area contributed by atoms with Crippen molar-refractivity contribution in [3.05, 3.63) is 119 Å². The van der Waals surface area contributed by atoms with Crippen LogP contribution in [-0.4, -0.2) is 0 Å². The van der Waals surface area contributed by atoms with Gasteiger partial charge in [-0.25, -0.2) is 8.78 Å². The van der Waals surface area contributed by atoms with Crippen LogP contribution in [0.4, 0.5) is 8.78 Å². The molecule has 1 atom stereocenters. The van der Waals surface area contributed by atoms with Gasteiger partial charge < -0.3 is 0 Å². The summed E-state index contributed by atoms with van der Waals surface area (Å²) < 4.78 is 26.3. The van der Waals surface area contributed by atoms with E-state index in [1.807, 2.05) is 36.4 Å². The third-order valence-electron chi connectivity index (χ3n) is 4.19. The molecule has 0 saturated carbocycles. The molecule has 0 amide bonds. The quantitative estimate of drug-likeness (QED) is 0.457. The molecule has 0 aliphatic carbocycles. The predicted molar refractivity (Wildman–Crippen MR) is 105 cm³/mol. The molecule has 2 heteroatoms. The molecule has 3 aromatic rings. The molecule has 0 aliphatic heterocycles. The topological polar surface area (TPSA) is 0 Å². The van der Waals surface area contributed by atoms with E-state index in [0.717, 1.165) is 23.1 Å². The first-order chi connectivity index (χ1) is 12.7. The van der Waals surface area contributed by atoms with Crippen molar-refractivity contribution in [2.75, 3.05) is 0 Å². The van der Waals surface area contributed by atoms with Crippen molar-refractivity contribution in [1.29, 1.82) is 0 Å². The van der Waals surface area contributed by atoms with Crippen molar-refractivity contribution < 1.29 is 8.78 Å². The monoisotopic (exact) mass is 346 g/mol. The van der Waals surface area contributed by atoms with Crippen LogP contribution in [0.5, 0.6) is 0 Å². The molecule has 0 saturated heterocycles. The lowest BCUT2D eigenvalue weighted by molar-refractivity contribution is 0.626. The van der Waals surface area contributed by atoms with Gasteiger partial charge in [0.2, 0.25) is 0 Å².